The molecule has 0 unspecified atom stereocenters. The Morgan fingerprint density at radius 1 is 0.852 bits per heavy atom. The maximum Gasteiger partial charge on any atom is 0.335 e. The fraction of sp³-hybridized carbons (Fsp3) is 0.714. The van der Waals surface area contributed by atoms with Gasteiger partial charge in [-0.2, -0.15) is 4.39 Å². The number of aromatic nitrogens is 2. The van der Waals surface area contributed by atoms with E-state index in [9.17, 15) is 44.6 Å². The van der Waals surface area contributed by atoms with E-state index in [1.54, 1.807) is 0 Å². The van der Waals surface area contributed by atoms with E-state index in [0.29, 0.717) is 10.8 Å². The molecule has 1 aromatic heterocycles. The normalized spacial score (nSPS) is 40.1. The summed E-state index contributed by atoms with van der Waals surface area (Å²) in [7, 11) is 0. The molecule has 0 bridgehead atoms. The number of nitrogens with zero attached hydrogens (tertiary/aromatic N) is 2. The van der Waals surface area contributed by atoms with Crippen molar-refractivity contribution >= 4 is 0 Å². The summed E-state index contributed by atoms with van der Waals surface area (Å²) in [6.45, 7) is -1.03. The lowest BCUT2D eigenvalue weighted by molar-refractivity contribution is -0.219. The summed E-state index contributed by atoms with van der Waals surface area (Å²) < 4.78 is 24.9. The minimum atomic E-state index is -1.93. The molecule has 3 heterocycles. The first-order valence-electron chi connectivity index (χ1n) is 8.00. The van der Waals surface area contributed by atoms with Crippen molar-refractivity contribution < 1.29 is 44.5 Å². The van der Waals surface area contributed by atoms with Crippen LogP contribution in [-0.4, -0.2) is 89.6 Å². The lowest BCUT2D eigenvalue weighted by Gasteiger charge is -2.37. The number of hydrogen-bond acceptors (Lipinski definition) is 10. The number of hydrogen-bond donors (Lipinski definition) is 6. The van der Waals surface area contributed by atoms with Gasteiger partial charge in [0.15, 0.2) is 12.5 Å². The van der Waals surface area contributed by atoms with E-state index in [-0.39, 0.29) is 4.57 Å². The van der Waals surface area contributed by atoms with Gasteiger partial charge in [0.2, 0.25) is 5.82 Å². The van der Waals surface area contributed by atoms with E-state index in [2.05, 4.69) is 0 Å². The molecule has 6 N–H and O–H groups in total. The number of aliphatic hydroxyl groups is 6. The average molecular weight is 394 g/mol. The molecule has 2 saturated heterocycles. The zero-order valence-electron chi connectivity index (χ0n) is 13.7. The van der Waals surface area contributed by atoms with Gasteiger partial charge in [-0.1, -0.05) is 0 Å². The first-order valence-corrected chi connectivity index (χ1v) is 8.00. The van der Waals surface area contributed by atoms with Gasteiger partial charge in [-0.15, -0.1) is 0 Å². The minimum absolute atomic E-state index is 0.169. The third-order valence-corrected chi connectivity index (χ3v) is 4.58. The van der Waals surface area contributed by atoms with Gasteiger partial charge in [-0.05, 0) is 0 Å². The Kier molecular flexibility index (Phi) is 5.47. The van der Waals surface area contributed by atoms with Crippen LogP contribution in [-0.2, 0) is 9.47 Å². The summed E-state index contributed by atoms with van der Waals surface area (Å²) in [6, 6.07) is 0. The molecule has 0 aliphatic carbocycles. The van der Waals surface area contributed by atoms with Gasteiger partial charge in [-0.25, -0.2) is 9.36 Å². The van der Waals surface area contributed by atoms with E-state index < -0.39 is 79.4 Å². The monoisotopic (exact) mass is 394 g/mol. The van der Waals surface area contributed by atoms with Crippen LogP contribution in [0.3, 0.4) is 0 Å². The summed E-state index contributed by atoms with van der Waals surface area (Å²) in [5.74, 6) is -1.47. The minimum Gasteiger partial charge on any atom is -0.388 e. The molecule has 27 heavy (non-hydrogen) atoms. The summed E-state index contributed by atoms with van der Waals surface area (Å²) in [5.41, 5.74) is -2.75. The molecular weight excluding hydrogens is 375 g/mol. The molecule has 12 nitrogen and oxygen atoms in total. The average Bonchev–Trinajstić information content (AvgIpc) is 2.63. The van der Waals surface area contributed by atoms with Crippen LogP contribution in [0.4, 0.5) is 4.39 Å². The van der Waals surface area contributed by atoms with E-state index >= 15 is 0 Å². The Labute approximate surface area is 149 Å². The van der Waals surface area contributed by atoms with Crippen LogP contribution >= 0.6 is 0 Å². The highest BCUT2D eigenvalue weighted by Crippen LogP contribution is 2.25. The molecule has 2 aliphatic heterocycles. The smallest absolute Gasteiger partial charge is 0.335 e. The van der Waals surface area contributed by atoms with E-state index in [0.717, 1.165) is 0 Å². The highest BCUT2D eigenvalue weighted by atomic mass is 19.1. The van der Waals surface area contributed by atoms with Crippen molar-refractivity contribution in [3.63, 3.8) is 0 Å². The van der Waals surface area contributed by atoms with Gasteiger partial charge in [0, 0.05) is 0 Å². The van der Waals surface area contributed by atoms with Gasteiger partial charge in [0.1, 0.15) is 36.6 Å². The SMILES string of the molecule is O=c1c(F)cn([C@@H]2OC[C@@H](O)[C@H](O)[C@H]2O)c(=O)n1[C@@H]1OC[C@@H](O)[C@H](O)[C@H]1O. The van der Waals surface area contributed by atoms with Crippen molar-refractivity contribution in [1.82, 2.24) is 9.13 Å². The summed E-state index contributed by atoms with van der Waals surface area (Å²) in [4.78, 5) is 24.8. The number of rotatable bonds is 2. The highest BCUT2D eigenvalue weighted by molar-refractivity contribution is 4.98. The van der Waals surface area contributed by atoms with Crippen LogP contribution in [0.2, 0.25) is 0 Å². The van der Waals surface area contributed by atoms with Crippen molar-refractivity contribution in [1.29, 1.82) is 0 Å². The second-order valence-electron chi connectivity index (χ2n) is 6.39. The fourth-order valence-electron chi connectivity index (χ4n) is 3.02. The van der Waals surface area contributed by atoms with Crippen LogP contribution in [0, 0.1) is 5.82 Å². The molecule has 0 aromatic carbocycles. The second-order valence-corrected chi connectivity index (χ2v) is 6.39. The molecule has 13 heteroatoms. The van der Waals surface area contributed by atoms with Crippen LogP contribution in [0.1, 0.15) is 12.5 Å². The summed E-state index contributed by atoms with van der Waals surface area (Å²) in [5, 5.41) is 58.4. The molecule has 0 spiro atoms. The Morgan fingerprint density at radius 3 is 1.89 bits per heavy atom. The molecule has 3 rings (SSSR count). The van der Waals surface area contributed by atoms with Gasteiger partial charge in [0.25, 0.3) is 5.56 Å². The fourth-order valence-corrected chi connectivity index (χ4v) is 3.02. The largest absolute Gasteiger partial charge is 0.388 e. The number of halogens is 1. The van der Waals surface area contributed by atoms with E-state index in [1.165, 1.54) is 0 Å². The lowest BCUT2D eigenvalue weighted by Crippen LogP contribution is -2.58. The van der Waals surface area contributed by atoms with Crippen molar-refractivity contribution in [3.8, 4) is 0 Å². The van der Waals surface area contributed by atoms with Crippen molar-refractivity contribution in [3.05, 3.63) is 32.9 Å². The summed E-state index contributed by atoms with van der Waals surface area (Å²) >= 11 is 0. The van der Waals surface area contributed by atoms with Crippen LogP contribution in [0.5, 0.6) is 0 Å². The first-order chi connectivity index (χ1) is 12.6. The molecule has 8 atom stereocenters. The molecule has 1 aromatic rings. The highest BCUT2D eigenvalue weighted by Gasteiger charge is 2.43. The van der Waals surface area contributed by atoms with Crippen LogP contribution in [0.15, 0.2) is 15.8 Å². The van der Waals surface area contributed by atoms with E-state index in [4.69, 9.17) is 9.47 Å². The predicted octanol–water partition coefficient (Wildman–Crippen LogP) is -4.63. The van der Waals surface area contributed by atoms with Gasteiger partial charge in [0.05, 0.1) is 19.4 Å². The number of aliphatic hydroxyl groups excluding tert-OH is 6. The summed E-state index contributed by atoms with van der Waals surface area (Å²) in [6.07, 6.45) is -13.2. The van der Waals surface area contributed by atoms with Crippen molar-refractivity contribution in [2.24, 2.45) is 0 Å². The van der Waals surface area contributed by atoms with Crippen molar-refractivity contribution in [2.45, 2.75) is 49.1 Å². The first kappa shape index (κ1) is 20.0. The number of ether oxygens (including phenoxy) is 2. The Morgan fingerprint density at radius 2 is 1.33 bits per heavy atom. The quantitative estimate of drug-likeness (QED) is 0.285. The Bertz CT molecular complexity index is 812. The molecule has 0 radical (unpaired) electrons. The van der Waals surface area contributed by atoms with Gasteiger partial charge < -0.3 is 40.1 Å². The Balaban J connectivity index is 2.07. The molecule has 2 fully saturated rings. The van der Waals surface area contributed by atoms with Crippen LogP contribution in [0.25, 0.3) is 0 Å². The molecule has 2 aliphatic rings. The van der Waals surface area contributed by atoms with Gasteiger partial charge in [-0.3, -0.25) is 9.36 Å². The Hall–Kier alpha value is -1.71. The third kappa shape index (κ3) is 3.32. The van der Waals surface area contributed by atoms with Gasteiger partial charge >= 0.3 is 5.69 Å². The topological polar surface area (TPSA) is 184 Å². The second kappa shape index (κ2) is 7.37. The molecular formula is C14H19FN2O10. The molecule has 0 amide bonds. The zero-order chi connectivity index (χ0) is 20.0. The molecule has 152 valence electrons. The molecule has 0 saturated carbocycles. The third-order valence-electron chi connectivity index (χ3n) is 4.58. The predicted molar refractivity (Wildman–Crippen MR) is 80.9 cm³/mol. The van der Waals surface area contributed by atoms with Crippen molar-refractivity contribution in [2.75, 3.05) is 13.2 Å². The van der Waals surface area contributed by atoms with Crippen LogP contribution < -0.4 is 11.2 Å². The lowest BCUT2D eigenvalue weighted by atomic mass is 10.0. The maximum atomic E-state index is 14.1. The van der Waals surface area contributed by atoms with E-state index in [1.807, 2.05) is 0 Å². The standard InChI is InChI=1S/C14H19FN2O10/c15-4-1-16(12-9(22)7(20)5(18)2-26-12)14(25)17(11(4)24)13-10(23)8(21)6(19)3-27-13/h1,5-10,12-13,18-23H,2-3H2/t5-,6-,7+,8+,9-,10-,12-,13-/m1/s1. The maximum absolute atomic E-state index is 14.1. The zero-order valence-corrected chi connectivity index (χ0v) is 13.7.